The third-order valence-electron chi connectivity index (χ3n) is 5.25. The Morgan fingerprint density at radius 2 is 2.07 bits per heavy atom. The molecule has 3 heterocycles. The van der Waals surface area contributed by atoms with E-state index in [-0.39, 0.29) is 17.2 Å². The van der Waals surface area contributed by atoms with E-state index in [4.69, 9.17) is 0 Å². The van der Waals surface area contributed by atoms with Gasteiger partial charge in [-0.05, 0) is 38.0 Å². The van der Waals surface area contributed by atoms with Crippen LogP contribution in [-0.4, -0.2) is 44.2 Å². The van der Waals surface area contributed by atoms with Gasteiger partial charge in [0.05, 0.1) is 0 Å². The number of nitrogens with zero attached hydrogens (tertiary/aromatic N) is 5. The zero-order chi connectivity index (χ0) is 19.4. The number of aromatic nitrogens is 3. The van der Waals surface area contributed by atoms with E-state index in [1.807, 2.05) is 19.9 Å². The first-order chi connectivity index (χ1) is 13.1. The minimum atomic E-state index is -0.267. The first kappa shape index (κ1) is 19.6. The number of fused-ring (bicyclic) bond motifs is 1. The zero-order valence-corrected chi connectivity index (χ0v) is 16.9. The minimum Gasteiger partial charge on any atom is -0.351 e. The van der Waals surface area contributed by atoms with E-state index in [0.717, 1.165) is 44.2 Å². The van der Waals surface area contributed by atoms with E-state index in [2.05, 4.69) is 25.8 Å². The highest BCUT2D eigenvalue weighted by molar-refractivity contribution is 7.96. The van der Waals surface area contributed by atoms with Crippen molar-refractivity contribution in [1.82, 2.24) is 18.8 Å². The van der Waals surface area contributed by atoms with Gasteiger partial charge in [0.15, 0.2) is 0 Å². The largest absolute Gasteiger partial charge is 0.351 e. The lowest BCUT2D eigenvalue weighted by molar-refractivity contribution is 0.358. The molecule has 0 aliphatic carbocycles. The molecule has 0 radical (unpaired) electrons. The van der Waals surface area contributed by atoms with E-state index in [9.17, 15) is 10.1 Å². The van der Waals surface area contributed by atoms with Crippen molar-refractivity contribution in [2.45, 2.75) is 51.6 Å². The van der Waals surface area contributed by atoms with Gasteiger partial charge in [-0.1, -0.05) is 25.8 Å². The Bertz CT molecular complexity index is 893. The molecular formula is C19H26N6OS. The Balaban J connectivity index is 1.97. The summed E-state index contributed by atoms with van der Waals surface area (Å²) in [6, 6.07) is 3.95. The quantitative estimate of drug-likeness (QED) is 0.763. The van der Waals surface area contributed by atoms with Gasteiger partial charge in [-0.15, -0.1) is 0 Å². The maximum atomic E-state index is 12.8. The van der Waals surface area contributed by atoms with Crippen LogP contribution in [0.15, 0.2) is 17.1 Å². The molecule has 3 rings (SSSR count). The first-order valence-electron chi connectivity index (χ1n) is 9.49. The molecule has 0 unspecified atom stereocenters. The Morgan fingerprint density at radius 3 is 2.67 bits per heavy atom. The summed E-state index contributed by atoms with van der Waals surface area (Å²) in [5.74, 6) is 0.550. The molecule has 0 amide bonds. The fourth-order valence-corrected chi connectivity index (χ4v) is 4.20. The van der Waals surface area contributed by atoms with Crippen LogP contribution < -0.4 is 10.9 Å². The fourth-order valence-electron chi connectivity index (χ4n) is 3.63. The number of rotatable bonds is 6. The summed E-state index contributed by atoms with van der Waals surface area (Å²) in [4.78, 5) is 21.9. The second kappa shape index (κ2) is 8.72. The molecular weight excluding hydrogens is 360 g/mol. The molecule has 2 aromatic rings. The Hall–Kier alpha value is -2.11. The van der Waals surface area contributed by atoms with Crippen molar-refractivity contribution in [2.75, 3.05) is 24.7 Å². The molecule has 0 atom stereocenters. The van der Waals surface area contributed by atoms with E-state index < -0.39 is 0 Å². The first-order valence-corrected chi connectivity index (χ1v) is 10.7. The normalized spacial score (nSPS) is 16.0. The summed E-state index contributed by atoms with van der Waals surface area (Å²) < 4.78 is 4.03. The second-order valence-corrected chi connectivity index (χ2v) is 7.70. The third kappa shape index (κ3) is 4.09. The topological polar surface area (TPSA) is 86.8 Å². The minimum absolute atomic E-state index is 0.0147. The molecule has 1 aliphatic rings. The lowest BCUT2D eigenvalue weighted by atomic mass is 10.1. The highest BCUT2D eigenvalue weighted by Gasteiger charge is 2.21. The molecule has 27 heavy (non-hydrogen) atoms. The van der Waals surface area contributed by atoms with Crippen molar-refractivity contribution in [3.8, 4) is 6.07 Å². The van der Waals surface area contributed by atoms with Gasteiger partial charge in [-0.3, -0.25) is 13.7 Å². The summed E-state index contributed by atoms with van der Waals surface area (Å²) in [5.41, 5.74) is 0.478. The smallest absolute Gasteiger partial charge is 0.270 e. The predicted molar refractivity (Wildman–Crippen MR) is 110 cm³/mol. The molecule has 0 aromatic carbocycles. The van der Waals surface area contributed by atoms with Crippen molar-refractivity contribution in [3.05, 3.63) is 28.2 Å². The molecule has 0 spiro atoms. The summed E-state index contributed by atoms with van der Waals surface area (Å²) in [6.45, 7) is 6.17. The van der Waals surface area contributed by atoms with Crippen LogP contribution in [0.2, 0.25) is 0 Å². The second-order valence-electron chi connectivity index (χ2n) is 6.82. The molecule has 144 valence electrons. The van der Waals surface area contributed by atoms with Gasteiger partial charge < -0.3 is 5.32 Å². The monoisotopic (exact) mass is 386 g/mol. The van der Waals surface area contributed by atoms with Crippen molar-refractivity contribution in [1.29, 1.82) is 5.26 Å². The van der Waals surface area contributed by atoms with E-state index in [0.29, 0.717) is 17.6 Å². The van der Waals surface area contributed by atoms with Crippen LogP contribution in [0.25, 0.3) is 11.0 Å². The lowest BCUT2D eigenvalue weighted by Gasteiger charge is -2.30. The molecule has 7 nitrogen and oxygen atoms in total. The van der Waals surface area contributed by atoms with Crippen LogP contribution in [0, 0.1) is 11.3 Å². The zero-order valence-electron chi connectivity index (χ0n) is 16.1. The molecule has 0 saturated carbocycles. The van der Waals surface area contributed by atoms with Crippen LogP contribution in [0.5, 0.6) is 0 Å². The van der Waals surface area contributed by atoms with E-state index in [1.54, 1.807) is 28.8 Å². The summed E-state index contributed by atoms with van der Waals surface area (Å²) in [7, 11) is 0. The number of piperidine rings is 1. The Labute approximate surface area is 163 Å². The van der Waals surface area contributed by atoms with Gasteiger partial charge >= 0.3 is 0 Å². The van der Waals surface area contributed by atoms with Crippen LogP contribution in [0.1, 0.15) is 51.1 Å². The van der Waals surface area contributed by atoms with Crippen LogP contribution in [-0.2, 0) is 0 Å². The molecule has 8 heteroatoms. The summed E-state index contributed by atoms with van der Waals surface area (Å²) in [5, 5.41) is 13.5. The van der Waals surface area contributed by atoms with Crippen LogP contribution in [0.4, 0.5) is 5.95 Å². The van der Waals surface area contributed by atoms with Crippen LogP contribution >= 0.6 is 11.9 Å². The number of hydrogen-bond donors (Lipinski definition) is 1. The van der Waals surface area contributed by atoms with Gasteiger partial charge in [0.2, 0.25) is 5.95 Å². The summed E-state index contributed by atoms with van der Waals surface area (Å²) >= 11 is 1.78. The maximum absolute atomic E-state index is 12.8. The number of nitrogens with one attached hydrogen (secondary N) is 1. The average molecular weight is 387 g/mol. The number of anilines is 1. The van der Waals surface area contributed by atoms with Gasteiger partial charge in [-0.25, -0.2) is 4.98 Å². The van der Waals surface area contributed by atoms with Crippen molar-refractivity contribution < 1.29 is 0 Å². The molecule has 1 fully saturated rings. The Kier molecular flexibility index (Phi) is 6.34. The molecule has 0 bridgehead atoms. The standard InChI is InChI=1S/C19H26N6OS/c1-4-16(5-2)25-17-14(10-13(11-20)18(25)26)12-21-19(23-17)22-15-6-8-24(27-3)9-7-15/h10,12,15-16H,4-9H2,1-3H3,(H,21,22,23). The summed E-state index contributed by atoms with van der Waals surface area (Å²) in [6.07, 6.45) is 7.50. The van der Waals surface area contributed by atoms with Crippen molar-refractivity contribution in [2.24, 2.45) is 0 Å². The van der Waals surface area contributed by atoms with Gasteiger partial charge in [0, 0.05) is 36.8 Å². The Morgan fingerprint density at radius 1 is 1.37 bits per heavy atom. The van der Waals surface area contributed by atoms with Crippen molar-refractivity contribution in [3.63, 3.8) is 0 Å². The molecule has 1 saturated heterocycles. The maximum Gasteiger partial charge on any atom is 0.270 e. The average Bonchev–Trinajstić information content (AvgIpc) is 2.70. The lowest BCUT2D eigenvalue weighted by Crippen LogP contribution is -2.36. The van der Waals surface area contributed by atoms with E-state index >= 15 is 0 Å². The van der Waals surface area contributed by atoms with Gasteiger partial charge in [0.1, 0.15) is 17.3 Å². The predicted octanol–water partition coefficient (Wildman–Crippen LogP) is 3.18. The fraction of sp³-hybridized carbons (Fsp3) is 0.579. The number of hydrogen-bond acceptors (Lipinski definition) is 7. The third-order valence-corrected chi connectivity index (χ3v) is 6.13. The van der Waals surface area contributed by atoms with E-state index in [1.165, 1.54) is 0 Å². The van der Waals surface area contributed by atoms with Crippen molar-refractivity contribution >= 4 is 28.9 Å². The highest BCUT2D eigenvalue weighted by atomic mass is 32.2. The van der Waals surface area contributed by atoms with Crippen LogP contribution in [0.3, 0.4) is 0 Å². The SMILES string of the molecule is CCC(CC)n1c(=O)c(C#N)cc2cnc(NC3CCN(SC)CC3)nc21. The highest BCUT2D eigenvalue weighted by Crippen LogP contribution is 2.22. The molecule has 1 N–H and O–H groups in total. The van der Waals surface area contributed by atoms with Gasteiger partial charge in [0.25, 0.3) is 5.56 Å². The van der Waals surface area contributed by atoms with Gasteiger partial charge in [-0.2, -0.15) is 10.2 Å². The molecule has 2 aromatic heterocycles. The number of pyridine rings is 1. The number of nitriles is 1. The molecule has 1 aliphatic heterocycles.